The topological polar surface area (TPSA) is 61.9 Å². The van der Waals surface area contributed by atoms with Crippen LogP contribution in [0.5, 0.6) is 0 Å². The van der Waals surface area contributed by atoms with Gasteiger partial charge in [0.05, 0.1) is 13.2 Å². The molecule has 0 aromatic carbocycles. The molecule has 2 amide bonds. The number of carbonyl (C=O) groups excluding carboxylic acids is 2. The summed E-state index contributed by atoms with van der Waals surface area (Å²) in [6.45, 7) is 8.78. The van der Waals surface area contributed by atoms with Crippen molar-refractivity contribution in [1.82, 2.24) is 15.1 Å². The van der Waals surface area contributed by atoms with Crippen LogP contribution in [0.1, 0.15) is 26.7 Å². The summed E-state index contributed by atoms with van der Waals surface area (Å²) < 4.78 is 5.38. The van der Waals surface area contributed by atoms with Crippen LogP contribution in [0.2, 0.25) is 0 Å². The number of nitrogens with zero attached hydrogens (tertiary/aromatic N) is 2. The van der Waals surface area contributed by atoms with Gasteiger partial charge in [-0.05, 0) is 6.42 Å². The average Bonchev–Trinajstić information content (AvgIpc) is 2.73. The first kappa shape index (κ1) is 16.2. The lowest BCUT2D eigenvalue weighted by Gasteiger charge is -2.27. The summed E-state index contributed by atoms with van der Waals surface area (Å²) >= 11 is 0. The van der Waals surface area contributed by atoms with Gasteiger partial charge in [-0.3, -0.25) is 9.59 Å². The Bertz CT molecular complexity index is 367. The minimum Gasteiger partial charge on any atom is -0.378 e. The predicted octanol–water partition coefficient (Wildman–Crippen LogP) is 0.0818. The SMILES string of the molecule is CC(C)C(=O)N1CCCN(C(=O)CC2COCCN2)CC1. The molecule has 120 valence electrons. The Balaban J connectivity index is 1.81. The van der Waals surface area contributed by atoms with Gasteiger partial charge in [-0.25, -0.2) is 0 Å². The zero-order chi connectivity index (χ0) is 15.2. The van der Waals surface area contributed by atoms with Gasteiger partial charge in [0.15, 0.2) is 0 Å². The number of hydrogen-bond donors (Lipinski definition) is 1. The summed E-state index contributed by atoms with van der Waals surface area (Å²) in [7, 11) is 0. The van der Waals surface area contributed by atoms with E-state index in [0.29, 0.717) is 26.1 Å². The lowest BCUT2D eigenvalue weighted by Crippen LogP contribution is -2.46. The number of nitrogens with one attached hydrogen (secondary N) is 1. The van der Waals surface area contributed by atoms with Crippen LogP contribution in [0.15, 0.2) is 0 Å². The summed E-state index contributed by atoms with van der Waals surface area (Å²) in [5, 5.41) is 3.31. The van der Waals surface area contributed by atoms with Gasteiger partial charge in [-0.1, -0.05) is 13.8 Å². The van der Waals surface area contributed by atoms with E-state index in [1.807, 2.05) is 23.6 Å². The molecule has 6 heteroatoms. The van der Waals surface area contributed by atoms with Gasteiger partial charge in [0.25, 0.3) is 0 Å². The van der Waals surface area contributed by atoms with Crippen molar-refractivity contribution in [3.05, 3.63) is 0 Å². The van der Waals surface area contributed by atoms with Gasteiger partial charge < -0.3 is 19.9 Å². The molecule has 2 saturated heterocycles. The van der Waals surface area contributed by atoms with Crippen molar-refractivity contribution in [2.24, 2.45) is 5.92 Å². The second-order valence-corrected chi connectivity index (χ2v) is 6.14. The molecule has 0 saturated carbocycles. The molecule has 2 heterocycles. The molecule has 2 rings (SSSR count). The number of rotatable bonds is 3. The van der Waals surface area contributed by atoms with Crippen molar-refractivity contribution >= 4 is 11.8 Å². The molecular weight excluding hydrogens is 270 g/mol. The highest BCUT2D eigenvalue weighted by Crippen LogP contribution is 2.10. The number of morpholine rings is 1. The third-order valence-corrected chi connectivity index (χ3v) is 4.07. The minimum absolute atomic E-state index is 0.0239. The van der Waals surface area contributed by atoms with E-state index in [0.717, 1.165) is 32.7 Å². The zero-order valence-electron chi connectivity index (χ0n) is 13.1. The molecule has 1 N–H and O–H groups in total. The van der Waals surface area contributed by atoms with E-state index < -0.39 is 0 Å². The first-order chi connectivity index (χ1) is 10.1. The second kappa shape index (κ2) is 7.75. The van der Waals surface area contributed by atoms with Crippen LogP contribution in [0.3, 0.4) is 0 Å². The van der Waals surface area contributed by atoms with Gasteiger partial charge in [0.1, 0.15) is 0 Å². The second-order valence-electron chi connectivity index (χ2n) is 6.14. The molecule has 2 aliphatic heterocycles. The monoisotopic (exact) mass is 297 g/mol. The molecule has 21 heavy (non-hydrogen) atoms. The molecule has 0 bridgehead atoms. The summed E-state index contributed by atoms with van der Waals surface area (Å²) in [5.74, 6) is 0.374. The lowest BCUT2D eigenvalue weighted by atomic mass is 10.1. The van der Waals surface area contributed by atoms with Gasteiger partial charge in [-0.2, -0.15) is 0 Å². The van der Waals surface area contributed by atoms with Gasteiger partial charge >= 0.3 is 0 Å². The van der Waals surface area contributed by atoms with Gasteiger partial charge in [0, 0.05) is 51.1 Å². The fraction of sp³-hybridized carbons (Fsp3) is 0.867. The number of amides is 2. The van der Waals surface area contributed by atoms with Crippen molar-refractivity contribution in [3.63, 3.8) is 0 Å². The van der Waals surface area contributed by atoms with E-state index in [1.54, 1.807) is 0 Å². The third kappa shape index (κ3) is 4.68. The van der Waals surface area contributed by atoms with E-state index >= 15 is 0 Å². The van der Waals surface area contributed by atoms with Gasteiger partial charge in [0.2, 0.25) is 11.8 Å². The molecule has 2 fully saturated rings. The van der Waals surface area contributed by atoms with Crippen LogP contribution in [-0.4, -0.2) is 73.6 Å². The van der Waals surface area contributed by atoms with Crippen molar-refractivity contribution < 1.29 is 14.3 Å². The molecule has 0 radical (unpaired) electrons. The molecule has 1 atom stereocenters. The smallest absolute Gasteiger partial charge is 0.225 e. The normalized spacial score (nSPS) is 24.0. The van der Waals surface area contributed by atoms with E-state index in [2.05, 4.69) is 5.32 Å². The fourth-order valence-corrected chi connectivity index (χ4v) is 2.84. The van der Waals surface area contributed by atoms with Crippen LogP contribution in [0.4, 0.5) is 0 Å². The third-order valence-electron chi connectivity index (χ3n) is 4.07. The van der Waals surface area contributed by atoms with Crippen LogP contribution in [0, 0.1) is 5.92 Å². The van der Waals surface area contributed by atoms with Crippen molar-refractivity contribution in [2.75, 3.05) is 45.9 Å². The Kier molecular flexibility index (Phi) is 5.99. The molecule has 2 aliphatic rings. The standard InChI is InChI=1S/C15H27N3O3/c1-12(2)15(20)18-6-3-5-17(7-8-18)14(19)10-13-11-21-9-4-16-13/h12-13,16H,3-11H2,1-2H3. The summed E-state index contributed by atoms with van der Waals surface area (Å²) in [4.78, 5) is 28.2. The minimum atomic E-state index is 0.0239. The van der Waals surface area contributed by atoms with E-state index in [1.165, 1.54) is 0 Å². The van der Waals surface area contributed by atoms with E-state index in [4.69, 9.17) is 4.74 Å². The number of ether oxygens (including phenoxy) is 1. The maximum Gasteiger partial charge on any atom is 0.225 e. The highest BCUT2D eigenvalue weighted by atomic mass is 16.5. The number of carbonyl (C=O) groups is 2. The molecule has 6 nitrogen and oxygen atoms in total. The largest absolute Gasteiger partial charge is 0.378 e. The molecule has 0 aromatic rings. The molecule has 0 aromatic heterocycles. The maximum atomic E-state index is 12.4. The Labute approximate surface area is 126 Å². The quantitative estimate of drug-likeness (QED) is 0.801. The Morgan fingerprint density at radius 2 is 1.90 bits per heavy atom. The molecular formula is C15H27N3O3. The Hall–Kier alpha value is -1.14. The van der Waals surface area contributed by atoms with Crippen molar-refractivity contribution in [2.45, 2.75) is 32.7 Å². The first-order valence-corrected chi connectivity index (χ1v) is 7.95. The van der Waals surface area contributed by atoms with Gasteiger partial charge in [-0.15, -0.1) is 0 Å². The molecule has 0 spiro atoms. The van der Waals surface area contributed by atoms with Crippen LogP contribution in [-0.2, 0) is 14.3 Å². The number of hydrogen-bond acceptors (Lipinski definition) is 4. The van der Waals surface area contributed by atoms with Crippen LogP contribution < -0.4 is 5.32 Å². The molecule has 0 aliphatic carbocycles. The fourth-order valence-electron chi connectivity index (χ4n) is 2.84. The summed E-state index contributed by atoms with van der Waals surface area (Å²) in [5.41, 5.74) is 0. The van der Waals surface area contributed by atoms with E-state index in [9.17, 15) is 9.59 Å². The van der Waals surface area contributed by atoms with Crippen LogP contribution in [0.25, 0.3) is 0 Å². The molecule has 1 unspecified atom stereocenters. The highest BCUT2D eigenvalue weighted by Gasteiger charge is 2.25. The first-order valence-electron chi connectivity index (χ1n) is 7.95. The Morgan fingerprint density at radius 3 is 2.57 bits per heavy atom. The lowest BCUT2D eigenvalue weighted by molar-refractivity contribution is -0.136. The summed E-state index contributed by atoms with van der Waals surface area (Å²) in [6.07, 6.45) is 1.34. The van der Waals surface area contributed by atoms with Crippen LogP contribution >= 0.6 is 0 Å². The van der Waals surface area contributed by atoms with Crippen molar-refractivity contribution in [1.29, 1.82) is 0 Å². The summed E-state index contributed by atoms with van der Waals surface area (Å²) in [6, 6.07) is 0.128. The Morgan fingerprint density at radius 1 is 1.19 bits per heavy atom. The highest BCUT2D eigenvalue weighted by molar-refractivity contribution is 5.79. The van der Waals surface area contributed by atoms with E-state index in [-0.39, 0.29) is 23.8 Å². The van der Waals surface area contributed by atoms with Crippen molar-refractivity contribution in [3.8, 4) is 0 Å². The zero-order valence-corrected chi connectivity index (χ0v) is 13.1. The predicted molar refractivity (Wildman–Crippen MR) is 79.8 cm³/mol. The average molecular weight is 297 g/mol. The maximum absolute atomic E-state index is 12.4.